The van der Waals surface area contributed by atoms with Crippen LogP contribution in [-0.4, -0.2) is 45.7 Å². The van der Waals surface area contributed by atoms with Crippen molar-refractivity contribution in [1.82, 2.24) is 19.9 Å². The number of nitrogens with one attached hydrogen (secondary N) is 1. The minimum absolute atomic E-state index is 0.378. The van der Waals surface area contributed by atoms with Gasteiger partial charge in [0.1, 0.15) is 5.56 Å². The van der Waals surface area contributed by atoms with Crippen LogP contribution in [0.5, 0.6) is 0 Å². The molecule has 7 nitrogen and oxygen atoms in total. The molecule has 2 bridgehead atoms. The molecule has 5 rings (SSSR count). The highest BCUT2D eigenvalue weighted by Crippen LogP contribution is 2.30. The first-order chi connectivity index (χ1) is 9.74. The third-order valence-electron chi connectivity index (χ3n) is 4.24. The van der Waals surface area contributed by atoms with Crippen LogP contribution in [0.2, 0.25) is 0 Å². The molecule has 0 saturated carbocycles. The zero-order valence-corrected chi connectivity index (χ0v) is 11.0. The molecular formula is C13H16N6O. The number of piperidine rings is 2. The Morgan fingerprint density at radius 3 is 3.00 bits per heavy atom. The fourth-order valence-electron chi connectivity index (χ4n) is 3.26. The number of anilines is 1. The van der Waals surface area contributed by atoms with Crippen molar-refractivity contribution in [2.24, 2.45) is 5.73 Å². The second-order valence-corrected chi connectivity index (χ2v) is 5.44. The molecule has 3 aliphatic rings. The van der Waals surface area contributed by atoms with Crippen molar-refractivity contribution in [1.29, 1.82) is 0 Å². The maximum absolute atomic E-state index is 11.8. The summed E-state index contributed by atoms with van der Waals surface area (Å²) in [7, 11) is 0. The molecule has 3 fully saturated rings. The lowest BCUT2D eigenvalue weighted by atomic mass is 9.93. The number of nitrogens with zero attached hydrogens (tertiary/aromatic N) is 4. The van der Waals surface area contributed by atoms with E-state index in [2.05, 4.69) is 20.3 Å². The number of amides is 1. The van der Waals surface area contributed by atoms with Crippen molar-refractivity contribution in [3.8, 4) is 0 Å². The summed E-state index contributed by atoms with van der Waals surface area (Å²) in [5, 5.41) is 8.02. The van der Waals surface area contributed by atoms with Crippen molar-refractivity contribution in [2.45, 2.75) is 24.9 Å². The van der Waals surface area contributed by atoms with Gasteiger partial charge in [-0.1, -0.05) is 0 Å². The first-order valence-electron chi connectivity index (χ1n) is 6.87. The van der Waals surface area contributed by atoms with Crippen LogP contribution < -0.4 is 16.0 Å². The van der Waals surface area contributed by atoms with E-state index < -0.39 is 5.91 Å². The van der Waals surface area contributed by atoms with Crippen molar-refractivity contribution in [2.75, 3.05) is 18.0 Å². The third kappa shape index (κ3) is 1.59. The van der Waals surface area contributed by atoms with Crippen LogP contribution in [0.4, 0.5) is 5.82 Å². The van der Waals surface area contributed by atoms with E-state index in [0.29, 0.717) is 29.1 Å². The summed E-state index contributed by atoms with van der Waals surface area (Å²) in [5.74, 6) is 0.204. The molecule has 7 heteroatoms. The molecule has 3 saturated heterocycles. The molecule has 2 aromatic rings. The average molecular weight is 272 g/mol. The maximum atomic E-state index is 11.8. The number of hydrogen-bond acceptors (Lipinski definition) is 5. The van der Waals surface area contributed by atoms with E-state index in [9.17, 15) is 4.79 Å². The van der Waals surface area contributed by atoms with Gasteiger partial charge in [-0.25, -0.2) is 9.50 Å². The second kappa shape index (κ2) is 4.17. The zero-order chi connectivity index (χ0) is 13.7. The smallest absolute Gasteiger partial charge is 0.256 e. The van der Waals surface area contributed by atoms with E-state index in [-0.39, 0.29) is 0 Å². The van der Waals surface area contributed by atoms with E-state index >= 15 is 0 Å². The summed E-state index contributed by atoms with van der Waals surface area (Å²) in [6, 6.07) is 2.64. The Labute approximate surface area is 115 Å². The van der Waals surface area contributed by atoms with Gasteiger partial charge in [-0.05, 0) is 18.9 Å². The Morgan fingerprint density at radius 2 is 2.35 bits per heavy atom. The molecule has 1 amide bonds. The van der Waals surface area contributed by atoms with Crippen molar-refractivity contribution >= 4 is 17.4 Å². The van der Waals surface area contributed by atoms with E-state index in [4.69, 9.17) is 5.73 Å². The molecule has 2 atom stereocenters. The SMILES string of the molecule is NC(=O)c1c(N2C[C@@H]3CC[C@@H]2CN3)nn2cccnc12. The zero-order valence-electron chi connectivity index (χ0n) is 11.0. The maximum Gasteiger partial charge on any atom is 0.256 e. The quantitative estimate of drug-likeness (QED) is 0.788. The largest absolute Gasteiger partial charge is 0.365 e. The highest BCUT2D eigenvalue weighted by molar-refractivity contribution is 6.03. The Hall–Kier alpha value is -2.15. The van der Waals surface area contributed by atoms with Crippen LogP contribution in [0.1, 0.15) is 23.2 Å². The predicted molar refractivity (Wildman–Crippen MR) is 73.7 cm³/mol. The summed E-state index contributed by atoms with van der Waals surface area (Å²) in [5.41, 5.74) is 6.52. The monoisotopic (exact) mass is 272 g/mol. The Kier molecular flexibility index (Phi) is 2.43. The molecule has 0 spiro atoms. The van der Waals surface area contributed by atoms with Crippen LogP contribution in [0.15, 0.2) is 18.5 Å². The van der Waals surface area contributed by atoms with Gasteiger partial charge in [0.2, 0.25) is 0 Å². The van der Waals surface area contributed by atoms with E-state index in [1.807, 2.05) is 0 Å². The molecule has 0 radical (unpaired) electrons. The Balaban J connectivity index is 1.87. The number of aromatic nitrogens is 3. The fourth-order valence-corrected chi connectivity index (χ4v) is 3.26. The Morgan fingerprint density at radius 1 is 1.45 bits per heavy atom. The summed E-state index contributed by atoms with van der Waals surface area (Å²) in [6.45, 7) is 1.80. The predicted octanol–water partition coefficient (Wildman–Crippen LogP) is -0.231. The number of rotatable bonds is 2. The van der Waals surface area contributed by atoms with Crippen LogP contribution in [0, 0.1) is 0 Å². The third-order valence-corrected chi connectivity index (χ3v) is 4.24. The molecule has 3 N–H and O–H groups in total. The summed E-state index contributed by atoms with van der Waals surface area (Å²) < 4.78 is 1.63. The fraction of sp³-hybridized carbons (Fsp3) is 0.462. The number of carbonyl (C=O) groups excluding carboxylic acids is 1. The molecule has 3 aliphatic heterocycles. The van der Waals surface area contributed by atoms with Gasteiger partial charge < -0.3 is 16.0 Å². The van der Waals surface area contributed by atoms with Crippen molar-refractivity contribution < 1.29 is 4.79 Å². The molecule has 20 heavy (non-hydrogen) atoms. The van der Waals surface area contributed by atoms with Crippen molar-refractivity contribution in [3.63, 3.8) is 0 Å². The van der Waals surface area contributed by atoms with Gasteiger partial charge in [0, 0.05) is 37.6 Å². The molecule has 5 heterocycles. The van der Waals surface area contributed by atoms with E-state index in [0.717, 1.165) is 19.5 Å². The highest BCUT2D eigenvalue weighted by Gasteiger charge is 2.37. The first-order valence-corrected chi connectivity index (χ1v) is 6.87. The number of carbonyl (C=O) groups is 1. The van der Waals surface area contributed by atoms with Crippen molar-refractivity contribution in [3.05, 3.63) is 24.0 Å². The van der Waals surface area contributed by atoms with Gasteiger partial charge in [0.25, 0.3) is 5.91 Å². The van der Waals surface area contributed by atoms with E-state index in [1.165, 1.54) is 6.42 Å². The van der Waals surface area contributed by atoms with Crippen LogP contribution in [-0.2, 0) is 0 Å². The average Bonchev–Trinajstić information content (AvgIpc) is 2.87. The highest BCUT2D eigenvalue weighted by atomic mass is 16.1. The lowest BCUT2D eigenvalue weighted by molar-refractivity contribution is 0.100. The topological polar surface area (TPSA) is 88.5 Å². The van der Waals surface area contributed by atoms with Gasteiger partial charge in [-0.2, -0.15) is 0 Å². The molecule has 0 aromatic carbocycles. The number of hydrogen-bond donors (Lipinski definition) is 2. The minimum atomic E-state index is -0.469. The molecular weight excluding hydrogens is 256 g/mol. The number of primary amides is 1. The van der Waals surface area contributed by atoms with E-state index in [1.54, 1.807) is 23.0 Å². The van der Waals surface area contributed by atoms with Gasteiger partial charge in [-0.3, -0.25) is 4.79 Å². The Bertz CT molecular complexity index is 673. The van der Waals surface area contributed by atoms with Crippen LogP contribution in [0.25, 0.3) is 5.65 Å². The van der Waals surface area contributed by atoms with Crippen LogP contribution >= 0.6 is 0 Å². The van der Waals surface area contributed by atoms with Gasteiger partial charge >= 0.3 is 0 Å². The van der Waals surface area contributed by atoms with Gasteiger partial charge in [0.05, 0.1) is 0 Å². The van der Waals surface area contributed by atoms with Gasteiger partial charge in [-0.15, -0.1) is 5.10 Å². The lowest BCUT2D eigenvalue weighted by Crippen LogP contribution is -2.61. The minimum Gasteiger partial charge on any atom is -0.365 e. The first kappa shape index (κ1) is 11.7. The summed E-state index contributed by atoms with van der Waals surface area (Å²) >= 11 is 0. The summed E-state index contributed by atoms with van der Waals surface area (Å²) in [4.78, 5) is 18.3. The standard InChI is InChI=1S/C13H16N6O/c14-11(20)10-12-15-4-1-5-19(12)17-13(10)18-7-8-2-3-9(18)6-16-8/h1,4-5,8-9,16H,2-3,6-7H2,(H2,14,20)/t8-,9+/m0/s1. The number of piperazine rings is 1. The van der Waals surface area contributed by atoms with Crippen LogP contribution in [0.3, 0.4) is 0 Å². The molecule has 2 aromatic heterocycles. The number of fused-ring (bicyclic) bond motifs is 4. The molecule has 0 aliphatic carbocycles. The lowest BCUT2D eigenvalue weighted by Gasteiger charge is -2.46. The summed E-state index contributed by atoms with van der Waals surface area (Å²) in [6.07, 6.45) is 5.74. The number of nitrogens with two attached hydrogens (primary N) is 1. The molecule has 104 valence electrons. The molecule has 0 unspecified atom stereocenters. The normalized spacial score (nSPS) is 25.3. The van der Waals surface area contributed by atoms with Gasteiger partial charge in [0.15, 0.2) is 11.5 Å². The second-order valence-electron chi connectivity index (χ2n) is 5.44.